The molecule has 0 saturated carbocycles. The first-order chi connectivity index (χ1) is 47.6. The summed E-state index contributed by atoms with van der Waals surface area (Å²) in [6, 6.07) is 23.2. The van der Waals surface area contributed by atoms with Crippen molar-refractivity contribution in [1.29, 1.82) is 0 Å². The van der Waals surface area contributed by atoms with Gasteiger partial charge in [-0.2, -0.15) is 0 Å². The molecule has 470 valence electrons. The molecule has 0 bridgehead atoms. The lowest BCUT2D eigenvalue weighted by Crippen LogP contribution is -2.23. The highest BCUT2D eigenvalue weighted by molar-refractivity contribution is 6.48. The van der Waals surface area contributed by atoms with Crippen LogP contribution in [0.2, 0.25) is 0 Å². The molecule has 0 amide bonds. The Bertz CT molecular complexity index is 6930. The first-order valence-corrected chi connectivity index (χ1v) is 30.7. The Morgan fingerprint density at radius 1 is 0.263 bits per heavy atom. The average Bonchev–Trinajstić information content (AvgIpc) is 0.688. The Morgan fingerprint density at radius 3 is 0.990 bits per heavy atom. The highest BCUT2D eigenvalue weighted by atomic mass is 16.6. The Labute approximate surface area is 546 Å². The van der Waals surface area contributed by atoms with Gasteiger partial charge in [-0.1, -0.05) is 24.3 Å². The van der Waals surface area contributed by atoms with E-state index in [0.717, 1.165) is 0 Å². The number of cyclic esters (lactones) is 12. The average molecular weight is 1310 g/mol. The first kappa shape index (κ1) is 54.3. The van der Waals surface area contributed by atoms with E-state index in [1.165, 1.54) is 60.7 Å². The molecule has 99 heavy (non-hydrogen) atoms. The van der Waals surface area contributed by atoms with Crippen molar-refractivity contribution in [3.8, 4) is 0 Å². The van der Waals surface area contributed by atoms with Gasteiger partial charge >= 0.3 is 71.6 Å². The van der Waals surface area contributed by atoms with Crippen LogP contribution in [0.1, 0.15) is 148 Å². The van der Waals surface area contributed by atoms with Crippen LogP contribution in [0.5, 0.6) is 0 Å². The second-order valence-electron chi connectivity index (χ2n) is 25.5. The number of aryl methyl sites for hydroxylation is 1. The summed E-state index contributed by atoms with van der Waals surface area (Å²) in [5, 5.41) is 11.4. The van der Waals surface area contributed by atoms with Gasteiger partial charge < -0.3 is 61.8 Å². The molecular weight excluding hydrogens is 1270 g/mol. The van der Waals surface area contributed by atoms with Crippen LogP contribution in [0.15, 0.2) is 97.1 Å². The van der Waals surface area contributed by atoms with E-state index >= 15 is 0 Å². The summed E-state index contributed by atoms with van der Waals surface area (Å²) < 4.78 is 31.9. The maximum absolute atomic E-state index is 14.7. The normalized spacial score (nSPS) is 15.8. The molecule has 15 aromatic carbocycles. The lowest BCUT2D eigenvalue weighted by Gasteiger charge is -2.30. The first-order valence-electron chi connectivity index (χ1n) is 30.7. The molecule has 1 atom stereocenters. The van der Waals surface area contributed by atoms with Crippen molar-refractivity contribution >= 4 is 235 Å². The van der Waals surface area contributed by atoms with Crippen LogP contribution >= 0.6 is 0 Å². The van der Waals surface area contributed by atoms with Gasteiger partial charge in [-0.05, 0) is 135 Å². The number of hydrogen-bond donors (Lipinski definition) is 6. The van der Waals surface area contributed by atoms with Gasteiger partial charge in [-0.3, -0.25) is 0 Å². The highest BCUT2D eigenvalue weighted by Gasteiger charge is 2.41. The summed E-state index contributed by atoms with van der Waals surface area (Å²) in [4.78, 5) is 168. The minimum Gasteiger partial charge on any atom is -0.398 e. The molecule has 21 rings (SSSR count). The smallest absolute Gasteiger partial charge is 0.346 e. The maximum Gasteiger partial charge on any atom is 0.346 e. The van der Waals surface area contributed by atoms with E-state index in [9.17, 15) is 57.5 Å². The molecule has 6 aliphatic heterocycles. The molecule has 0 aliphatic carbocycles. The Morgan fingerprint density at radius 2 is 0.545 bits per heavy atom. The van der Waals surface area contributed by atoms with E-state index in [0.29, 0.717) is 97.3 Å². The predicted octanol–water partition coefficient (Wildman–Crippen LogP) is 12.4. The minimum absolute atomic E-state index is 0.00216. The maximum atomic E-state index is 14.7. The largest absolute Gasteiger partial charge is 0.398 e. The van der Waals surface area contributed by atoms with E-state index in [-0.39, 0.29) is 144 Å². The number of benzene rings is 15. The van der Waals surface area contributed by atoms with Gasteiger partial charge in [0.2, 0.25) is 0 Å². The van der Waals surface area contributed by atoms with Crippen molar-refractivity contribution in [2.75, 3.05) is 33.4 Å². The SMILES string of the molecule is Cc1cc2c3c(cc(N)c4c5c([C@@H](C)Nc6cc7c8c(cc(NNc9cc%10c%11c(ccc%12c%13c(N)cc%14c%15c(ccc(c9c%11%12)c%15%13)C(=O)OC%14=O)C(=O)OC%10=O)c9c%10ccc%11c%12c(ccc(c6c89)c%12%10)C(=O)OC%11=O)C(=O)OC7=O)cc6c7c(cc(N)c(c1c34)c75)C(=O)OC6=O)C(=O)OC2=O. The van der Waals surface area contributed by atoms with Crippen LogP contribution in [0, 0.1) is 6.92 Å². The molecule has 15 aromatic rings. The lowest BCUT2D eigenvalue weighted by molar-refractivity contribution is 0.0373. The number of fused-ring (bicyclic) bond motifs is 6. The lowest BCUT2D eigenvalue weighted by atomic mass is 9.78. The van der Waals surface area contributed by atoms with Crippen molar-refractivity contribution in [3.63, 3.8) is 0 Å². The van der Waals surface area contributed by atoms with Crippen LogP contribution in [0.25, 0.3) is 129 Å². The van der Waals surface area contributed by atoms with Crippen LogP contribution in [-0.4, -0.2) is 71.6 Å². The topological polar surface area (TPSA) is 374 Å². The Balaban J connectivity index is 0.854. The Kier molecular flexibility index (Phi) is 9.54. The van der Waals surface area contributed by atoms with Crippen LogP contribution in [0.3, 0.4) is 0 Å². The van der Waals surface area contributed by atoms with Crippen LogP contribution in [-0.2, 0) is 28.4 Å². The van der Waals surface area contributed by atoms with Gasteiger partial charge in [-0.25, -0.2) is 57.5 Å². The van der Waals surface area contributed by atoms with Crippen molar-refractivity contribution < 1.29 is 86.0 Å². The third-order valence-electron chi connectivity index (χ3n) is 20.8. The van der Waals surface area contributed by atoms with Crippen molar-refractivity contribution in [2.24, 2.45) is 0 Å². The van der Waals surface area contributed by atoms with Gasteiger partial charge in [0.25, 0.3) is 0 Å². The number of nitrogen functional groups attached to an aromatic ring is 3. The van der Waals surface area contributed by atoms with Crippen molar-refractivity contribution in [2.45, 2.75) is 19.9 Å². The summed E-state index contributed by atoms with van der Waals surface area (Å²) in [5.41, 5.74) is 29.2. The number of hydrazine groups is 1. The third kappa shape index (κ3) is 6.29. The number of carbonyl (C=O) groups is 12. The fraction of sp³-hybridized carbons (Fsp3) is 0.0400. The van der Waals surface area contributed by atoms with Crippen LogP contribution < -0.4 is 33.4 Å². The molecule has 24 nitrogen and oxygen atoms in total. The molecule has 6 aliphatic rings. The molecule has 0 fully saturated rings. The summed E-state index contributed by atoms with van der Waals surface area (Å²) >= 11 is 0. The zero-order valence-electron chi connectivity index (χ0n) is 50.4. The predicted molar refractivity (Wildman–Crippen MR) is 359 cm³/mol. The van der Waals surface area contributed by atoms with E-state index in [1.807, 2.05) is 0 Å². The quantitative estimate of drug-likeness (QED) is 0.0171. The molecular formula is C75H32N6O18. The molecule has 24 heteroatoms. The Hall–Kier alpha value is -14.2. The van der Waals surface area contributed by atoms with E-state index in [2.05, 4.69) is 16.2 Å². The molecule has 0 aromatic heterocycles. The summed E-state index contributed by atoms with van der Waals surface area (Å²) in [7, 11) is 0. The van der Waals surface area contributed by atoms with Crippen molar-refractivity contribution in [1.82, 2.24) is 0 Å². The van der Waals surface area contributed by atoms with Crippen molar-refractivity contribution in [3.05, 3.63) is 175 Å². The van der Waals surface area contributed by atoms with Crippen LogP contribution in [0.4, 0.5) is 34.1 Å². The fourth-order valence-electron chi connectivity index (χ4n) is 17.1. The van der Waals surface area contributed by atoms with E-state index in [4.69, 9.17) is 45.6 Å². The van der Waals surface area contributed by atoms with Gasteiger partial charge in [0, 0.05) is 120 Å². The number of esters is 12. The number of hydrogen-bond acceptors (Lipinski definition) is 24. The summed E-state index contributed by atoms with van der Waals surface area (Å²) in [5.74, 6) is -11.5. The van der Waals surface area contributed by atoms with E-state index in [1.54, 1.807) is 50.2 Å². The molecule has 0 saturated heterocycles. The number of nitrogens with two attached hydrogens (primary N) is 3. The van der Waals surface area contributed by atoms with Gasteiger partial charge in [0.15, 0.2) is 0 Å². The van der Waals surface area contributed by atoms with E-state index < -0.39 is 77.7 Å². The summed E-state index contributed by atoms with van der Waals surface area (Å²) in [6.45, 7) is 3.48. The second-order valence-corrected chi connectivity index (χ2v) is 25.5. The van der Waals surface area contributed by atoms with Gasteiger partial charge in [0.1, 0.15) is 0 Å². The fourth-order valence-corrected chi connectivity index (χ4v) is 17.1. The minimum atomic E-state index is -1.05. The number of nitrogens with one attached hydrogen (secondary N) is 3. The highest BCUT2D eigenvalue weighted by Crippen LogP contribution is 2.57. The number of carbonyl (C=O) groups excluding carboxylic acids is 12. The molecule has 0 radical (unpaired) electrons. The molecule has 6 heterocycles. The molecule has 9 N–H and O–H groups in total. The zero-order chi connectivity index (χ0) is 67.6. The monoisotopic (exact) mass is 1300 g/mol. The molecule has 0 spiro atoms. The molecule has 0 unspecified atom stereocenters. The number of rotatable bonds is 6. The zero-order valence-corrected chi connectivity index (χ0v) is 50.4. The third-order valence-corrected chi connectivity index (χ3v) is 20.8. The standard InChI is InChI=1S/C75H32N6O18/c1-19-11-30-49-33(71(89)97-68(30)86)15-40(78)60-58-29(12-31-50-34(72(90)98-69(31)87)14-39(77)59(63(50)58)44(19)61(49)60)20(2)79-41-16-35-51-37(75(93)99-73(35)91)18-43(55-22-4-8-26-46-25(64(82)94-65(26)83)7-3-21(45(22)46)53(41)62(51)55)81-80-42-17-36-48-28(67(85)96-74(36)92)9-5-23-52-38(76)13-32-47-27(66(84)95-70(32)88)10-6-24(56(47)52)54(42)57(23)48/h3-18,20,79-81H,76-78H2,1-2H3/t20-/m1/s1. The van der Waals surface area contributed by atoms with Gasteiger partial charge in [-0.15, -0.1) is 0 Å². The number of anilines is 6. The number of ether oxygens (including phenoxy) is 6. The van der Waals surface area contributed by atoms with Gasteiger partial charge in [0.05, 0.1) is 78.1 Å². The summed E-state index contributed by atoms with van der Waals surface area (Å²) in [6.07, 6.45) is 0. The second kappa shape index (κ2) is 17.4.